The Balaban J connectivity index is 2.16. The van der Waals surface area contributed by atoms with Gasteiger partial charge >= 0.3 is 0 Å². The van der Waals surface area contributed by atoms with Crippen molar-refractivity contribution in [2.45, 2.75) is 19.5 Å². The fourth-order valence-electron chi connectivity index (χ4n) is 2.48. The number of anilines is 1. The summed E-state index contributed by atoms with van der Waals surface area (Å²) in [5.74, 6) is 0.197. The second kappa shape index (κ2) is 8.42. The van der Waals surface area contributed by atoms with Crippen LogP contribution in [-0.4, -0.2) is 33.7 Å². The average molecular weight is 397 g/mol. The zero-order valence-corrected chi connectivity index (χ0v) is 16.3. The maximum absolute atomic E-state index is 12.5. The van der Waals surface area contributed by atoms with Gasteiger partial charge < -0.3 is 10.1 Å². The van der Waals surface area contributed by atoms with E-state index in [9.17, 15) is 13.2 Å². The highest BCUT2D eigenvalue weighted by Gasteiger charge is 2.28. The molecule has 140 valence electrons. The van der Waals surface area contributed by atoms with Crippen LogP contribution in [0.1, 0.15) is 12.5 Å². The van der Waals surface area contributed by atoms with Crippen molar-refractivity contribution < 1.29 is 17.9 Å². The summed E-state index contributed by atoms with van der Waals surface area (Å²) in [5.41, 5.74) is 1.26. The van der Waals surface area contributed by atoms with Crippen LogP contribution in [0, 0.1) is 0 Å². The number of methoxy groups -OCH3 is 1. The lowest BCUT2D eigenvalue weighted by Crippen LogP contribution is -2.47. The van der Waals surface area contributed by atoms with Crippen LogP contribution in [-0.2, 0) is 21.4 Å². The third kappa shape index (κ3) is 5.12. The second-order valence-corrected chi connectivity index (χ2v) is 8.07. The van der Waals surface area contributed by atoms with Gasteiger partial charge in [-0.3, -0.25) is 9.10 Å². The highest BCUT2D eigenvalue weighted by molar-refractivity contribution is 7.92. The number of nitrogens with one attached hydrogen (secondary N) is 1. The van der Waals surface area contributed by atoms with Gasteiger partial charge in [0.25, 0.3) is 0 Å². The number of amides is 1. The van der Waals surface area contributed by atoms with Crippen LogP contribution in [0.25, 0.3) is 0 Å². The Labute approximate surface area is 158 Å². The van der Waals surface area contributed by atoms with Gasteiger partial charge in [-0.2, -0.15) is 0 Å². The molecule has 2 rings (SSSR count). The van der Waals surface area contributed by atoms with Gasteiger partial charge in [-0.15, -0.1) is 0 Å². The first-order valence-electron chi connectivity index (χ1n) is 7.88. The van der Waals surface area contributed by atoms with Gasteiger partial charge in [0, 0.05) is 11.6 Å². The molecule has 2 aromatic rings. The van der Waals surface area contributed by atoms with Crippen LogP contribution in [0.2, 0.25) is 5.02 Å². The Kier molecular flexibility index (Phi) is 6.50. The second-order valence-electron chi connectivity index (χ2n) is 5.78. The summed E-state index contributed by atoms with van der Waals surface area (Å²) in [6.45, 7) is 1.82. The number of rotatable bonds is 7. The zero-order chi connectivity index (χ0) is 19.3. The Bertz CT molecular complexity index is 852. The fraction of sp³-hybridized carbons (Fsp3) is 0.278. The molecule has 0 aliphatic heterocycles. The molecule has 0 heterocycles. The number of hydrogen-bond donors (Lipinski definition) is 1. The van der Waals surface area contributed by atoms with Gasteiger partial charge in [0.2, 0.25) is 15.9 Å². The van der Waals surface area contributed by atoms with Gasteiger partial charge in [-0.1, -0.05) is 23.7 Å². The van der Waals surface area contributed by atoms with E-state index in [4.69, 9.17) is 16.3 Å². The van der Waals surface area contributed by atoms with E-state index in [0.29, 0.717) is 16.5 Å². The third-order valence-corrected chi connectivity index (χ3v) is 5.29. The van der Waals surface area contributed by atoms with Crippen LogP contribution >= 0.6 is 11.6 Å². The van der Waals surface area contributed by atoms with Gasteiger partial charge in [0.05, 0.1) is 19.1 Å². The fourth-order valence-corrected chi connectivity index (χ4v) is 3.78. The van der Waals surface area contributed by atoms with Crippen LogP contribution in [0.3, 0.4) is 0 Å². The Morgan fingerprint density at radius 3 is 2.23 bits per heavy atom. The number of hydrogen-bond acceptors (Lipinski definition) is 4. The van der Waals surface area contributed by atoms with E-state index >= 15 is 0 Å². The molecule has 1 atom stereocenters. The Hall–Kier alpha value is -2.25. The number of nitrogens with zero attached hydrogens (tertiary/aromatic N) is 1. The molecule has 0 aromatic heterocycles. The average Bonchev–Trinajstić information content (AvgIpc) is 2.60. The molecule has 0 radical (unpaired) electrons. The number of benzene rings is 2. The molecular weight excluding hydrogens is 376 g/mol. The summed E-state index contributed by atoms with van der Waals surface area (Å²) in [6.07, 6.45) is 1.07. The summed E-state index contributed by atoms with van der Waals surface area (Å²) in [5, 5.41) is 3.36. The number of halogens is 1. The highest BCUT2D eigenvalue weighted by atomic mass is 35.5. The van der Waals surface area contributed by atoms with Crippen LogP contribution < -0.4 is 14.4 Å². The van der Waals surface area contributed by atoms with E-state index in [0.717, 1.165) is 16.1 Å². The quantitative estimate of drug-likeness (QED) is 0.780. The topological polar surface area (TPSA) is 75.7 Å². The molecule has 1 N–H and O–H groups in total. The molecule has 0 saturated heterocycles. The minimum Gasteiger partial charge on any atom is -0.497 e. The molecule has 6 nitrogen and oxygen atoms in total. The molecule has 0 fully saturated rings. The predicted molar refractivity (Wildman–Crippen MR) is 103 cm³/mol. The maximum atomic E-state index is 12.5. The van der Waals surface area contributed by atoms with Gasteiger partial charge in [0.15, 0.2) is 0 Å². The lowest BCUT2D eigenvalue weighted by atomic mass is 10.2. The minimum absolute atomic E-state index is 0.278. The summed E-state index contributed by atoms with van der Waals surface area (Å²) in [4.78, 5) is 12.5. The molecule has 0 aliphatic carbocycles. The maximum Gasteiger partial charge on any atom is 0.243 e. The molecule has 0 aliphatic rings. The van der Waals surface area contributed by atoms with E-state index in [1.807, 2.05) is 0 Å². The Morgan fingerprint density at radius 1 is 1.15 bits per heavy atom. The molecule has 1 amide bonds. The smallest absolute Gasteiger partial charge is 0.243 e. The van der Waals surface area contributed by atoms with E-state index in [2.05, 4.69) is 5.32 Å². The SMILES string of the molecule is COc1ccc(N([C@@H](C)C(=O)NCc2ccc(Cl)cc2)S(C)(=O)=O)cc1. The molecule has 8 heteroatoms. The van der Waals surface area contributed by atoms with Crippen molar-refractivity contribution in [3.63, 3.8) is 0 Å². The van der Waals surface area contributed by atoms with Crippen molar-refractivity contribution in [1.82, 2.24) is 5.32 Å². The third-order valence-electron chi connectivity index (χ3n) is 3.80. The van der Waals surface area contributed by atoms with Crippen molar-refractivity contribution in [2.75, 3.05) is 17.7 Å². The molecular formula is C18H21ClN2O4S. The molecule has 0 bridgehead atoms. The van der Waals surface area contributed by atoms with Crippen molar-refractivity contribution in [3.8, 4) is 5.75 Å². The van der Waals surface area contributed by atoms with Crippen LogP contribution in [0.4, 0.5) is 5.69 Å². The number of sulfonamides is 1. The molecule has 0 saturated carbocycles. The predicted octanol–water partition coefficient (Wildman–Crippen LogP) is 2.82. The van der Waals surface area contributed by atoms with Crippen molar-refractivity contribution in [3.05, 3.63) is 59.1 Å². The lowest BCUT2D eigenvalue weighted by Gasteiger charge is -2.28. The lowest BCUT2D eigenvalue weighted by molar-refractivity contribution is -0.122. The molecule has 2 aromatic carbocycles. The van der Waals surface area contributed by atoms with Crippen LogP contribution in [0.15, 0.2) is 48.5 Å². The molecule has 26 heavy (non-hydrogen) atoms. The van der Waals surface area contributed by atoms with E-state index in [1.165, 1.54) is 7.11 Å². The largest absolute Gasteiger partial charge is 0.497 e. The first-order chi connectivity index (χ1) is 12.2. The monoisotopic (exact) mass is 396 g/mol. The van der Waals surface area contributed by atoms with Crippen LogP contribution in [0.5, 0.6) is 5.75 Å². The molecule has 0 unspecified atom stereocenters. The van der Waals surface area contributed by atoms with E-state index in [1.54, 1.807) is 55.5 Å². The number of carbonyl (C=O) groups is 1. The van der Waals surface area contributed by atoms with Crippen molar-refractivity contribution in [2.24, 2.45) is 0 Å². The van der Waals surface area contributed by atoms with Gasteiger partial charge in [0.1, 0.15) is 11.8 Å². The number of carbonyl (C=O) groups excluding carboxylic acids is 1. The van der Waals surface area contributed by atoms with E-state index in [-0.39, 0.29) is 6.54 Å². The minimum atomic E-state index is -3.66. The summed E-state index contributed by atoms with van der Waals surface area (Å²) < 4.78 is 30.7. The summed E-state index contributed by atoms with van der Waals surface area (Å²) in [6, 6.07) is 12.6. The zero-order valence-electron chi connectivity index (χ0n) is 14.8. The Morgan fingerprint density at radius 2 is 1.73 bits per heavy atom. The normalized spacial score (nSPS) is 12.3. The van der Waals surface area contributed by atoms with Crippen molar-refractivity contribution >= 4 is 33.2 Å². The number of ether oxygens (including phenoxy) is 1. The van der Waals surface area contributed by atoms with E-state index < -0.39 is 22.0 Å². The standard InChI is InChI=1S/C18H21ClN2O4S/c1-13(18(22)20-12-14-4-6-15(19)7-5-14)21(26(3,23)24)16-8-10-17(25-2)11-9-16/h4-11,13H,12H2,1-3H3,(H,20,22)/t13-/m0/s1. The first kappa shape index (κ1) is 20.1. The summed E-state index contributed by atoms with van der Waals surface area (Å²) in [7, 11) is -2.13. The van der Waals surface area contributed by atoms with Crippen molar-refractivity contribution in [1.29, 1.82) is 0 Å². The molecule has 0 spiro atoms. The van der Waals surface area contributed by atoms with Gasteiger partial charge in [-0.05, 0) is 48.9 Å². The summed E-state index contributed by atoms with van der Waals surface area (Å²) >= 11 is 5.84. The van der Waals surface area contributed by atoms with Gasteiger partial charge in [-0.25, -0.2) is 8.42 Å². The highest BCUT2D eigenvalue weighted by Crippen LogP contribution is 2.23. The first-order valence-corrected chi connectivity index (χ1v) is 10.1.